The summed E-state index contributed by atoms with van der Waals surface area (Å²) in [5.74, 6) is 0. The lowest BCUT2D eigenvalue weighted by atomic mass is 9.96. The molecule has 0 aromatic rings. The van der Waals surface area contributed by atoms with Crippen molar-refractivity contribution < 1.29 is 12.8 Å². The second kappa shape index (κ2) is 6.06. The summed E-state index contributed by atoms with van der Waals surface area (Å²) in [5, 5.41) is -0.433. The highest BCUT2D eigenvalue weighted by Crippen LogP contribution is 2.34. The van der Waals surface area contributed by atoms with Gasteiger partial charge < -0.3 is 5.73 Å². The molecule has 4 nitrogen and oxygen atoms in total. The average molecular weight is 292 g/mol. The Bertz CT molecular complexity index is 393. The van der Waals surface area contributed by atoms with Gasteiger partial charge in [-0.25, -0.2) is 12.8 Å². The summed E-state index contributed by atoms with van der Waals surface area (Å²) < 4.78 is 40.7. The molecule has 2 rings (SSSR count). The first kappa shape index (κ1) is 15.2. The maximum atomic E-state index is 14.1. The van der Waals surface area contributed by atoms with Crippen LogP contribution >= 0.6 is 0 Å². The van der Waals surface area contributed by atoms with Crippen LogP contribution in [-0.2, 0) is 10.0 Å². The molecule has 2 atom stereocenters. The Labute approximate surface area is 115 Å². The third-order valence-corrected chi connectivity index (χ3v) is 6.95. The molecule has 0 aromatic heterocycles. The first-order valence-electron chi connectivity index (χ1n) is 7.38. The Balaban J connectivity index is 2.16. The van der Waals surface area contributed by atoms with Crippen LogP contribution in [0.25, 0.3) is 0 Å². The number of nitrogens with two attached hydrogens (primary N) is 1. The van der Waals surface area contributed by atoms with Crippen molar-refractivity contribution in [3.05, 3.63) is 0 Å². The van der Waals surface area contributed by atoms with Gasteiger partial charge in [0.1, 0.15) is 0 Å². The van der Waals surface area contributed by atoms with E-state index in [0.717, 1.165) is 25.7 Å². The van der Waals surface area contributed by atoms with E-state index < -0.39 is 21.6 Å². The molecule has 2 N–H and O–H groups in total. The molecule has 1 heterocycles. The molecular formula is C13H25FN2O2S. The number of rotatable bonds is 3. The second-order valence-corrected chi connectivity index (χ2v) is 7.96. The van der Waals surface area contributed by atoms with Gasteiger partial charge in [0.2, 0.25) is 10.0 Å². The smallest absolute Gasteiger partial charge is 0.219 e. The van der Waals surface area contributed by atoms with Gasteiger partial charge >= 0.3 is 0 Å². The summed E-state index contributed by atoms with van der Waals surface area (Å²) in [6.07, 6.45) is 3.85. The maximum absolute atomic E-state index is 14.1. The summed E-state index contributed by atoms with van der Waals surface area (Å²) in [5.41, 5.74) is 5.82. The summed E-state index contributed by atoms with van der Waals surface area (Å²) in [4.78, 5) is 0. The van der Waals surface area contributed by atoms with Crippen LogP contribution in [0.3, 0.4) is 0 Å². The van der Waals surface area contributed by atoms with E-state index in [0.29, 0.717) is 25.7 Å². The third kappa shape index (κ3) is 3.11. The predicted molar refractivity (Wildman–Crippen MR) is 73.8 cm³/mol. The molecule has 112 valence electrons. The van der Waals surface area contributed by atoms with Crippen LogP contribution in [0.4, 0.5) is 4.39 Å². The zero-order chi connectivity index (χ0) is 14.0. The van der Waals surface area contributed by atoms with Crippen molar-refractivity contribution in [1.29, 1.82) is 0 Å². The molecule has 19 heavy (non-hydrogen) atoms. The molecule has 1 saturated heterocycles. The number of nitrogens with zero attached hydrogens (tertiary/aromatic N) is 1. The standard InChI is InChI=1S/C13H25FN2O2S/c1-2-11-4-3-5-13(14)16(11)19(17,18)12-8-6-10(15)7-9-12/h10-13H,2-9,15H2,1H3/t10?,11-,12?,13-/m0/s1. The van der Waals surface area contributed by atoms with E-state index in [1.54, 1.807) is 0 Å². The molecule has 0 unspecified atom stereocenters. The van der Waals surface area contributed by atoms with Crippen LogP contribution in [0.5, 0.6) is 0 Å². The largest absolute Gasteiger partial charge is 0.328 e. The highest BCUT2D eigenvalue weighted by Gasteiger charge is 2.43. The lowest BCUT2D eigenvalue weighted by Gasteiger charge is -2.40. The van der Waals surface area contributed by atoms with E-state index in [1.165, 1.54) is 4.31 Å². The van der Waals surface area contributed by atoms with Crippen molar-refractivity contribution in [3.63, 3.8) is 0 Å². The van der Waals surface area contributed by atoms with Crippen LogP contribution in [0.2, 0.25) is 0 Å². The van der Waals surface area contributed by atoms with Gasteiger partial charge in [0, 0.05) is 12.1 Å². The molecule has 6 heteroatoms. The first-order chi connectivity index (χ1) is 8.96. The predicted octanol–water partition coefficient (Wildman–Crippen LogP) is 2.15. The van der Waals surface area contributed by atoms with E-state index in [1.807, 2.05) is 6.92 Å². The second-order valence-electron chi connectivity index (χ2n) is 5.84. The fourth-order valence-corrected chi connectivity index (χ4v) is 5.62. The summed E-state index contributed by atoms with van der Waals surface area (Å²) >= 11 is 0. The van der Waals surface area contributed by atoms with E-state index in [4.69, 9.17) is 5.73 Å². The molecular weight excluding hydrogens is 267 g/mol. The van der Waals surface area contributed by atoms with Crippen LogP contribution in [0.1, 0.15) is 58.3 Å². The Hall–Kier alpha value is -0.200. The molecule has 1 saturated carbocycles. The van der Waals surface area contributed by atoms with Gasteiger partial charge in [0.25, 0.3) is 0 Å². The average Bonchev–Trinajstić information content (AvgIpc) is 2.38. The van der Waals surface area contributed by atoms with Crippen molar-refractivity contribution >= 4 is 10.0 Å². The molecule has 2 aliphatic rings. The highest BCUT2D eigenvalue weighted by atomic mass is 32.2. The van der Waals surface area contributed by atoms with Gasteiger partial charge in [-0.1, -0.05) is 6.92 Å². The van der Waals surface area contributed by atoms with Crippen molar-refractivity contribution in [3.8, 4) is 0 Å². The lowest BCUT2D eigenvalue weighted by Crippen LogP contribution is -2.52. The van der Waals surface area contributed by atoms with Gasteiger partial charge in [-0.3, -0.25) is 0 Å². The van der Waals surface area contributed by atoms with Crippen molar-refractivity contribution in [1.82, 2.24) is 4.31 Å². The van der Waals surface area contributed by atoms with E-state index in [2.05, 4.69) is 0 Å². The Morgan fingerprint density at radius 2 is 1.79 bits per heavy atom. The fraction of sp³-hybridized carbons (Fsp3) is 1.00. The first-order valence-corrected chi connectivity index (χ1v) is 8.89. The molecule has 0 spiro atoms. The molecule has 2 fully saturated rings. The number of halogens is 1. The van der Waals surface area contributed by atoms with E-state index in [9.17, 15) is 12.8 Å². The minimum Gasteiger partial charge on any atom is -0.328 e. The maximum Gasteiger partial charge on any atom is 0.219 e. The summed E-state index contributed by atoms with van der Waals surface area (Å²) in [7, 11) is -3.52. The fourth-order valence-electron chi connectivity index (χ4n) is 3.32. The third-order valence-electron chi connectivity index (χ3n) is 4.52. The quantitative estimate of drug-likeness (QED) is 0.811. The number of hydrogen-bond donors (Lipinski definition) is 1. The number of piperidine rings is 1. The minimum absolute atomic E-state index is 0.107. The van der Waals surface area contributed by atoms with Crippen LogP contribution in [0.15, 0.2) is 0 Å². The van der Waals surface area contributed by atoms with Crippen molar-refractivity contribution in [2.45, 2.75) is 81.9 Å². The number of hydrogen-bond acceptors (Lipinski definition) is 3. The Kier molecular flexibility index (Phi) is 4.84. The van der Waals surface area contributed by atoms with Gasteiger partial charge in [-0.2, -0.15) is 4.31 Å². The zero-order valence-corrected chi connectivity index (χ0v) is 12.4. The molecule has 1 aliphatic heterocycles. The molecule has 0 radical (unpaired) electrons. The van der Waals surface area contributed by atoms with Crippen LogP contribution in [0, 0.1) is 0 Å². The monoisotopic (exact) mass is 292 g/mol. The van der Waals surface area contributed by atoms with Crippen LogP contribution < -0.4 is 5.73 Å². The molecule has 1 aliphatic carbocycles. The van der Waals surface area contributed by atoms with Crippen molar-refractivity contribution in [2.75, 3.05) is 0 Å². The highest BCUT2D eigenvalue weighted by molar-refractivity contribution is 7.89. The Morgan fingerprint density at radius 1 is 1.16 bits per heavy atom. The topological polar surface area (TPSA) is 63.4 Å². The summed E-state index contributed by atoms with van der Waals surface area (Å²) in [6.45, 7) is 1.93. The zero-order valence-electron chi connectivity index (χ0n) is 11.6. The Morgan fingerprint density at radius 3 is 2.37 bits per heavy atom. The number of sulfonamides is 1. The molecule has 0 bridgehead atoms. The van der Waals surface area contributed by atoms with Gasteiger partial charge in [0.05, 0.1) is 5.25 Å². The van der Waals surface area contributed by atoms with Crippen LogP contribution in [-0.4, -0.2) is 36.4 Å². The SMILES string of the molecule is CC[C@H]1CCC[C@@H](F)N1S(=O)(=O)C1CCC(N)CC1. The van der Waals surface area contributed by atoms with E-state index >= 15 is 0 Å². The number of alkyl halides is 1. The van der Waals surface area contributed by atoms with Gasteiger partial charge in [0.15, 0.2) is 6.30 Å². The summed E-state index contributed by atoms with van der Waals surface area (Å²) in [6, 6.07) is -0.0553. The van der Waals surface area contributed by atoms with Gasteiger partial charge in [-0.15, -0.1) is 0 Å². The molecule has 0 amide bonds. The minimum atomic E-state index is -3.52. The van der Waals surface area contributed by atoms with Gasteiger partial charge in [-0.05, 0) is 51.4 Å². The molecule has 0 aromatic carbocycles. The normalized spacial score (nSPS) is 38.3. The lowest BCUT2D eigenvalue weighted by molar-refractivity contribution is 0.0739. The van der Waals surface area contributed by atoms with Crippen molar-refractivity contribution in [2.24, 2.45) is 5.73 Å². The van der Waals surface area contributed by atoms with E-state index in [-0.39, 0.29) is 12.1 Å².